The number of carbonyl (C=O) groups excluding carboxylic acids is 8. The molecule has 0 radical (unpaired) electrons. The number of amides is 8. The van der Waals surface area contributed by atoms with Crippen molar-refractivity contribution in [3.05, 3.63) is 0 Å². The van der Waals surface area contributed by atoms with Gasteiger partial charge in [0.15, 0.2) is 5.96 Å². The molecule has 23 heteroatoms. The first kappa shape index (κ1) is 52.4. The van der Waals surface area contributed by atoms with Gasteiger partial charge >= 0.3 is 5.97 Å². The Morgan fingerprint density at radius 1 is 0.717 bits per heavy atom. The number of likely N-dealkylation sites (tertiary alicyclic amines) is 1. The van der Waals surface area contributed by atoms with Crippen molar-refractivity contribution in [2.24, 2.45) is 34.0 Å². The van der Waals surface area contributed by atoms with Crippen LogP contribution in [0.1, 0.15) is 87.0 Å². The summed E-state index contributed by atoms with van der Waals surface area (Å²) < 4.78 is 0. The molecule has 1 aliphatic heterocycles. The van der Waals surface area contributed by atoms with Crippen LogP contribution in [0.2, 0.25) is 0 Å². The fourth-order valence-electron chi connectivity index (χ4n) is 6.04. The van der Waals surface area contributed by atoms with Crippen molar-refractivity contribution in [3.8, 4) is 0 Å². The first-order chi connectivity index (χ1) is 27.9. The summed E-state index contributed by atoms with van der Waals surface area (Å²) in [6, 6.07) is -8.04. The first-order valence-corrected chi connectivity index (χ1v) is 20.0. The zero-order valence-corrected chi connectivity index (χ0v) is 35.5. The standard InChI is InChI=1S/C37H66N12O11/c1-18(2)14-24(46-30(53)21(6)45-32(55)23(38)10-8-12-41-37(39)40)33(56)43-17-28(52)49-13-9-11-26(49)34(57)42-16-27(51)44-20(5)31(54)48-29(22(7)50)35(58)47-25(36(59)60)15-19(3)4/h18-26,29,50H,8-17,38H2,1-7H3,(H,42,57)(H,43,56)(H,44,51)(H,45,55)(H,46,53)(H,47,58)(H,48,54)(H,59,60)(H4,39,40,41)/t20-,21-,22+,23-,24-,25-,26-,29-/m0/s1. The molecule has 340 valence electrons. The van der Waals surface area contributed by atoms with Crippen LogP contribution >= 0.6 is 0 Å². The zero-order valence-electron chi connectivity index (χ0n) is 35.5. The largest absolute Gasteiger partial charge is 0.480 e. The summed E-state index contributed by atoms with van der Waals surface area (Å²) in [4.78, 5) is 120. The number of aliphatic imine (C=N–C) groups is 1. The second-order valence-corrected chi connectivity index (χ2v) is 15.7. The average molecular weight is 855 g/mol. The van der Waals surface area contributed by atoms with Crippen molar-refractivity contribution in [3.63, 3.8) is 0 Å². The molecule has 8 amide bonds. The molecule has 1 rings (SSSR count). The SMILES string of the molecule is CC(C)C[C@H](NC(=O)[C@@H](NC(=O)[C@H](C)NC(=O)CNC(=O)[C@@H]1CCCN1C(=O)CNC(=O)[C@H](CC(C)C)NC(=O)[C@H](C)NC(=O)[C@@H](N)CCCN=C(N)N)[C@@H](C)O)C(=O)O. The minimum atomic E-state index is -1.53. The van der Waals surface area contributed by atoms with Crippen LogP contribution in [0.4, 0.5) is 0 Å². The van der Waals surface area contributed by atoms with E-state index in [4.69, 9.17) is 17.2 Å². The molecule has 1 aliphatic rings. The number of aliphatic hydroxyl groups excluding tert-OH is 1. The van der Waals surface area contributed by atoms with E-state index in [1.807, 2.05) is 13.8 Å². The van der Waals surface area contributed by atoms with Gasteiger partial charge in [-0.25, -0.2) is 4.79 Å². The molecule has 0 spiro atoms. The van der Waals surface area contributed by atoms with Crippen LogP contribution in [-0.4, -0.2) is 149 Å². The minimum absolute atomic E-state index is 0.0536. The molecule has 0 unspecified atom stereocenters. The summed E-state index contributed by atoms with van der Waals surface area (Å²) in [5.41, 5.74) is 16.5. The highest BCUT2D eigenvalue weighted by Crippen LogP contribution is 2.17. The van der Waals surface area contributed by atoms with E-state index in [-0.39, 0.29) is 56.6 Å². The lowest BCUT2D eigenvalue weighted by atomic mass is 10.0. The normalized spacial score (nSPS) is 17.1. The summed E-state index contributed by atoms with van der Waals surface area (Å²) >= 11 is 0. The fourth-order valence-corrected chi connectivity index (χ4v) is 6.04. The van der Waals surface area contributed by atoms with Crippen molar-refractivity contribution in [2.45, 2.75) is 135 Å². The highest BCUT2D eigenvalue weighted by atomic mass is 16.4. The van der Waals surface area contributed by atoms with Gasteiger partial charge in [0.25, 0.3) is 0 Å². The van der Waals surface area contributed by atoms with Crippen LogP contribution in [-0.2, 0) is 43.2 Å². The van der Waals surface area contributed by atoms with Crippen LogP contribution in [0.5, 0.6) is 0 Å². The molecular weight excluding hydrogens is 788 g/mol. The Balaban J connectivity index is 2.72. The van der Waals surface area contributed by atoms with Gasteiger partial charge in [-0.15, -0.1) is 0 Å². The Labute approximate surface area is 349 Å². The lowest BCUT2D eigenvalue weighted by Crippen LogP contribution is -2.59. The molecule has 60 heavy (non-hydrogen) atoms. The highest BCUT2D eigenvalue weighted by molar-refractivity contribution is 5.96. The molecule has 8 atom stereocenters. The number of rotatable bonds is 25. The lowest BCUT2D eigenvalue weighted by molar-refractivity contribution is -0.143. The summed E-state index contributed by atoms with van der Waals surface area (Å²) in [6.45, 7) is 10.5. The molecule has 23 nitrogen and oxygen atoms in total. The number of aliphatic carboxylic acids is 1. The third kappa shape index (κ3) is 19.0. The van der Waals surface area contributed by atoms with Gasteiger partial charge in [0, 0.05) is 13.1 Å². The lowest BCUT2D eigenvalue weighted by Gasteiger charge is -2.26. The van der Waals surface area contributed by atoms with Gasteiger partial charge in [-0.2, -0.15) is 0 Å². The zero-order chi connectivity index (χ0) is 45.9. The Hall–Kier alpha value is -5.58. The van der Waals surface area contributed by atoms with Crippen molar-refractivity contribution in [1.29, 1.82) is 0 Å². The molecule has 1 fully saturated rings. The molecule has 15 N–H and O–H groups in total. The van der Waals surface area contributed by atoms with Gasteiger partial charge in [-0.05, 0) is 71.1 Å². The molecular formula is C37H66N12O11. The fraction of sp³-hybridized carbons (Fsp3) is 0.730. The monoisotopic (exact) mass is 854 g/mol. The number of carboxylic acids is 1. The van der Waals surface area contributed by atoms with E-state index in [2.05, 4.69) is 42.2 Å². The molecule has 0 aromatic heterocycles. The van der Waals surface area contributed by atoms with Crippen LogP contribution in [0.15, 0.2) is 4.99 Å². The third-order valence-corrected chi connectivity index (χ3v) is 9.26. The Kier molecular flexibility index (Phi) is 22.6. The molecule has 0 bridgehead atoms. The highest BCUT2D eigenvalue weighted by Gasteiger charge is 2.36. The van der Waals surface area contributed by atoms with E-state index in [0.717, 1.165) is 0 Å². The number of nitrogens with zero attached hydrogens (tertiary/aromatic N) is 2. The van der Waals surface area contributed by atoms with Crippen LogP contribution in [0.3, 0.4) is 0 Å². The van der Waals surface area contributed by atoms with E-state index in [0.29, 0.717) is 12.8 Å². The maximum Gasteiger partial charge on any atom is 0.326 e. The molecule has 0 saturated carbocycles. The smallest absolute Gasteiger partial charge is 0.326 e. The quantitative estimate of drug-likeness (QED) is 0.0235. The maximum absolute atomic E-state index is 13.2. The minimum Gasteiger partial charge on any atom is -0.480 e. The van der Waals surface area contributed by atoms with Crippen molar-refractivity contribution in [2.75, 3.05) is 26.2 Å². The number of guanidine groups is 1. The first-order valence-electron chi connectivity index (χ1n) is 20.0. The van der Waals surface area contributed by atoms with Gasteiger partial charge < -0.3 is 69.5 Å². The number of carbonyl (C=O) groups is 9. The van der Waals surface area contributed by atoms with Gasteiger partial charge in [0.05, 0.1) is 25.2 Å². The average Bonchev–Trinajstić information content (AvgIpc) is 3.65. The molecule has 0 aromatic carbocycles. The van der Waals surface area contributed by atoms with E-state index in [1.54, 1.807) is 13.8 Å². The van der Waals surface area contributed by atoms with Crippen molar-refractivity contribution in [1.82, 2.24) is 42.1 Å². The van der Waals surface area contributed by atoms with Crippen LogP contribution in [0, 0.1) is 11.8 Å². The van der Waals surface area contributed by atoms with Crippen molar-refractivity contribution < 1.29 is 53.4 Å². The number of hydrogen-bond acceptors (Lipinski definition) is 12. The predicted octanol–water partition coefficient (Wildman–Crippen LogP) is -4.39. The van der Waals surface area contributed by atoms with Gasteiger partial charge in [-0.3, -0.25) is 43.3 Å². The Bertz CT molecular complexity index is 1550. The third-order valence-electron chi connectivity index (χ3n) is 9.26. The topological polar surface area (TPSA) is 372 Å². The van der Waals surface area contributed by atoms with Gasteiger partial charge in [0.1, 0.15) is 36.3 Å². The molecule has 0 aromatic rings. The van der Waals surface area contributed by atoms with Gasteiger partial charge in [-0.1, -0.05) is 27.7 Å². The van der Waals surface area contributed by atoms with Crippen LogP contribution < -0.4 is 54.4 Å². The Morgan fingerprint density at radius 3 is 1.85 bits per heavy atom. The second-order valence-electron chi connectivity index (χ2n) is 15.7. The number of nitrogens with one attached hydrogen (secondary N) is 7. The number of aliphatic hydroxyl groups is 1. The van der Waals surface area contributed by atoms with Crippen molar-refractivity contribution >= 4 is 59.2 Å². The predicted molar refractivity (Wildman–Crippen MR) is 218 cm³/mol. The molecule has 1 heterocycles. The number of hydrogen-bond donors (Lipinski definition) is 12. The Morgan fingerprint density at radius 2 is 1.28 bits per heavy atom. The van der Waals surface area contributed by atoms with Gasteiger partial charge in [0.2, 0.25) is 47.3 Å². The number of carboxylic acid groups (broad SMARTS) is 1. The van der Waals surface area contributed by atoms with E-state index >= 15 is 0 Å². The number of nitrogens with two attached hydrogens (primary N) is 3. The summed E-state index contributed by atoms with van der Waals surface area (Å²) in [6.07, 6.45) is 0.308. The van der Waals surface area contributed by atoms with E-state index in [9.17, 15) is 53.4 Å². The molecule has 0 aliphatic carbocycles. The summed E-state index contributed by atoms with van der Waals surface area (Å²) in [7, 11) is 0. The van der Waals surface area contributed by atoms with E-state index in [1.165, 1.54) is 25.7 Å². The second kappa shape index (κ2) is 25.8. The van der Waals surface area contributed by atoms with E-state index < -0.39 is 115 Å². The summed E-state index contributed by atoms with van der Waals surface area (Å²) in [5, 5.41) is 36.6. The van der Waals surface area contributed by atoms with Crippen LogP contribution in [0.25, 0.3) is 0 Å². The summed E-state index contributed by atoms with van der Waals surface area (Å²) in [5.74, 6) is -7.23. The maximum atomic E-state index is 13.2. The molecule has 1 saturated heterocycles.